The van der Waals surface area contributed by atoms with Gasteiger partial charge in [-0.1, -0.05) is 26.0 Å². The number of nitrogens with zero attached hydrogens (tertiary/aromatic N) is 2. The van der Waals surface area contributed by atoms with Gasteiger partial charge in [-0.15, -0.1) is 0 Å². The lowest BCUT2D eigenvalue weighted by Crippen LogP contribution is -2.19. The molecule has 0 aliphatic rings. The van der Waals surface area contributed by atoms with Gasteiger partial charge < -0.3 is 5.32 Å². The SMILES string of the molecule is CC(C)CNCc1ccn(-c2ccccc2I)n1. The van der Waals surface area contributed by atoms with Gasteiger partial charge in [0.15, 0.2) is 0 Å². The molecule has 0 aliphatic carbocycles. The Kier molecular flexibility index (Phi) is 4.77. The van der Waals surface area contributed by atoms with Crippen LogP contribution in [0.2, 0.25) is 0 Å². The number of halogens is 1. The molecule has 0 bridgehead atoms. The molecular formula is C14H18IN3. The maximum Gasteiger partial charge on any atom is 0.0779 e. The highest BCUT2D eigenvalue weighted by Gasteiger charge is 2.04. The van der Waals surface area contributed by atoms with Gasteiger partial charge in [0.1, 0.15) is 0 Å². The van der Waals surface area contributed by atoms with Crippen LogP contribution in [-0.4, -0.2) is 16.3 Å². The summed E-state index contributed by atoms with van der Waals surface area (Å²) in [5.41, 5.74) is 2.21. The van der Waals surface area contributed by atoms with Crippen molar-refractivity contribution in [1.82, 2.24) is 15.1 Å². The summed E-state index contributed by atoms with van der Waals surface area (Å²) in [6.45, 7) is 6.26. The van der Waals surface area contributed by atoms with E-state index in [0.717, 1.165) is 24.5 Å². The minimum absolute atomic E-state index is 0.669. The third-order valence-electron chi connectivity index (χ3n) is 2.60. The number of hydrogen-bond acceptors (Lipinski definition) is 2. The highest BCUT2D eigenvalue weighted by Crippen LogP contribution is 2.15. The van der Waals surface area contributed by atoms with Gasteiger partial charge in [-0.2, -0.15) is 5.10 Å². The monoisotopic (exact) mass is 355 g/mol. The largest absolute Gasteiger partial charge is 0.311 e. The molecule has 18 heavy (non-hydrogen) atoms. The van der Waals surface area contributed by atoms with Crippen molar-refractivity contribution in [2.24, 2.45) is 5.92 Å². The van der Waals surface area contributed by atoms with Gasteiger partial charge in [0.2, 0.25) is 0 Å². The Hall–Kier alpha value is -0.880. The molecule has 1 N–H and O–H groups in total. The Bertz CT molecular complexity index is 505. The summed E-state index contributed by atoms with van der Waals surface area (Å²) in [5.74, 6) is 0.669. The van der Waals surface area contributed by atoms with E-state index in [2.05, 4.69) is 65.1 Å². The molecule has 0 amide bonds. The molecule has 3 nitrogen and oxygen atoms in total. The van der Waals surface area contributed by atoms with Crippen molar-refractivity contribution in [3.05, 3.63) is 45.8 Å². The van der Waals surface area contributed by atoms with E-state index in [4.69, 9.17) is 0 Å². The normalized spacial score (nSPS) is 11.1. The summed E-state index contributed by atoms with van der Waals surface area (Å²) >= 11 is 2.33. The summed E-state index contributed by atoms with van der Waals surface area (Å²) in [6.07, 6.45) is 2.02. The molecule has 0 atom stereocenters. The molecule has 1 heterocycles. The number of benzene rings is 1. The maximum atomic E-state index is 4.59. The van der Waals surface area contributed by atoms with Crippen LogP contribution in [-0.2, 0) is 6.54 Å². The van der Waals surface area contributed by atoms with Crippen LogP contribution >= 0.6 is 22.6 Å². The van der Waals surface area contributed by atoms with Gasteiger partial charge >= 0.3 is 0 Å². The molecule has 1 aromatic carbocycles. The Morgan fingerprint density at radius 1 is 1.28 bits per heavy atom. The van der Waals surface area contributed by atoms with Crippen LogP contribution in [0.1, 0.15) is 19.5 Å². The van der Waals surface area contributed by atoms with E-state index >= 15 is 0 Å². The number of para-hydroxylation sites is 1. The van der Waals surface area contributed by atoms with Crippen molar-refractivity contribution in [1.29, 1.82) is 0 Å². The van der Waals surface area contributed by atoms with E-state index in [1.165, 1.54) is 3.57 Å². The first-order valence-electron chi connectivity index (χ1n) is 6.17. The lowest BCUT2D eigenvalue weighted by atomic mass is 10.2. The van der Waals surface area contributed by atoms with Crippen LogP contribution in [0.3, 0.4) is 0 Å². The van der Waals surface area contributed by atoms with Crippen molar-refractivity contribution in [2.75, 3.05) is 6.54 Å². The maximum absolute atomic E-state index is 4.59. The van der Waals surface area contributed by atoms with Crippen molar-refractivity contribution in [2.45, 2.75) is 20.4 Å². The summed E-state index contributed by atoms with van der Waals surface area (Å²) in [4.78, 5) is 0. The minimum atomic E-state index is 0.669. The second kappa shape index (κ2) is 6.33. The van der Waals surface area contributed by atoms with E-state index < -0.39 is 0 Å². The molecule has 2 rings (SSSR count). The zero-order chi connectivity index (χ0) is 13.0. The molecule has 0 saturated heterocycles. The molecule has 2 aromatic rings. The molecule has 0 aliphatic heterocycles. The van der Waals surface area contributed by atoms with Crippen LogP contribution in [0.4, 0.5) is 0 Å². The van der Waals surface area contributed by atoms with Crippen molar-refractivity contribution in [3.8, 4) is 5.69 Å². The summed E-state index contributed by atoms with van der Waals surface area (Å²) < 4.78 is 3.15. The predicted molar refractivity (Wildman–Crippen MR) is 82.8 cm³/mol. The molecule has 0 fully saturated rings. The van der Waals surface area contributed by atoms with E-state index in [-0.39, 0.29) is 0 Å². The number of hydrogen-bond donors (Lipinski definition) is 1. The predicted octanol–water partition coefficient (Wildman–Crippen LogP) is 3.22. The first-order chi connectivity index (χ1) is 8.66. The summed E-state index contributed by atoms with van der Waals surface area (Å²) in [5, 5.41) is 7.99. The second-order valence-corrected chi connectivity index (χ2v) is 5.89. The average Bonchev–Trinajstić information content (AvgIpc) is 2.78. The van der Waals surface area contributed by atoms with Gasteiger partial charge in [-0.25, -0.2) is 4.68 Å². The topological polar surface area (TPSA) is 29.9 Å². The number of nitrogens with one attached hydrogen (secondary N) is 1. The third kappa shape index (κ3) is 3.55. The smallest absolute Gasteiger partial charge is 0.0779 e. The Morgan fingerprint density at radius 2 is 2.06 bits per heavy atom. The van der Waals surface area contributed by atoms with Crippen LogP contribution in [0.15, 0.2) is 36.5 Å². The van der Waals surface area contributed by atoms with E-state index in [9.17, 15) is 0 Å². The Morgan fingerprint density at radius 3 is 2.78 bits per heavy atom. The Balaban J connectivity index is 2.04. The molecule has 96 valence electrons. The zero-order valence-corrected chi connectivity index (χ0v) is 12.9. The fraction of sp³-hybridized carbons (Fsp3) is 0.357. The van der Waals surface area contributed by atoms with Gasteiger partial charge in [-0.05, 0) is 53.3 Å². The van der Waals surface area contributed by atoms with Crippen LogP contribution in [0.5, 0.6) is 0 Å². The van der Waals surface area contributed by atoms with Crippen LogP contribution in [0.25, 0.3) is 5.69 Å². The van der Waals surface area contributed by atoms with Gasteiger partial charge in [0.05, 0.1) is 11.4 Å². The lowest BCUT2D eigenvalue weighted by molar-refractivity contribution is 0.546. The number of aromatic nitrogens is 2. The molecular weight excluding hydrogens is 337 g/mol. The standard InChI is InChI=1S/C14H18IN3/c1-11(2)9-16-10-12-7-8-18(17-12)14-6-4-3-5-13(14)15/h3-8,11,16H,9-10H2,1-2H3. The van der Waals surface area contributed by atoms with Gasteiger partial charge in [-0.3, -0.25) is 0 Å². The van der Waals surface area contributed by atoms with E-state index in [1.54, 1.807) is 0 Å². The second-order valence-electron chi connectivity index (χ2n) is 4.73. The molecule has 0 spiro atoms. The molecule has 0 saturated carbocycles. The van der Waals surface area contributed by atoms with Crippen molar-refractivity contribution >= 4 is 22.6 Å². The zero-order valence-electron chi connectivity index (χ0n) is 10.7. The molecule has 1 aromatic heterocycles. The van der Waals surface area contributed by atoms with Crippen molar-refractivity contribution in [3.63, 3.8) is 0 Å². The molecule has 4 heteroatoms. The van der Waals surface area contributed by atoms with Gasteiger partial charge in [0, 0.05) is 16.3 Å². The fourth-order valence-corrected chi connectivity index (χ4v) is 2.35. The summed E-state index contributed by atoms with van der Waals surface area (Å²) in [7, 11) is 0. The fourth-order valence-electron chi connectivity index (χ4n) is 1.72. The van der Waals surface area contributed by atoms with Crippen molar-refractivity contribution < 1.29 is 0 Å². The third-order valence-corrected chi connectivity index (χ3v) is 3.51. The van der Waals surface area contributed by atoms with E-state index in [0.29, 0.717) is 5.92 Å². The van der Waals surface area contributed by atoms with Crippen LogP contribution < -0.4 is 5.32 Å². The van der Waals surface area contributed by atoms with Gasteiger partial charge in [0.25, 0.3) is 0 Å². The highest BCUT2D eigenvalue weighted by atomic mass is 127. The average molecular weight is 355 g/mol. The Labute approximate surface area is 122 Å². The minimum Gasteiger partial charge on any atom is -0.311 e. The first kappa shape index (κ1) is 13.5. The molecule has 0 radical (unpaired) electrons. The quantitative estimate of drug-likeness (QED) is 0.835. The summed E-state index contributed by atoms with van der Waals surface area (Å²) in [6, 6.07) is 10.3. The molecule has 0 unspecified atom stereocenters. The lowest BCUT2D eigenvalue weighted by Gasteiger charge is -2.06. The highest BCUT2D eigenvalue weighted by molar-refractivity contribution is 14.1. The van der Waals surface area contributed by atoms with Crippen LogP contribution in [0, 0.1) is 9.49 Å². The van der Waals surface area contributed by atoms with E-state index in [1.807, 2.05) is 23.0 Å². The first-order valence-corrected chi connectivity index (χ1v) is 7.25. The number of rotatable bonds is 5.